The van der Waals surface area contributed by atoms with Crippen LogP contribution in [0.25, 0.3) is 0 Å². The maximum Gasteiger partial charge on any atom is 0.164 e. The summed E-state index contributed by atoms with van der Waals surface area (Å²) in [6.45, 7) is 6.39. The zero-order chi connectivity index (χ0) is 11.1. The van der Waals surface area contributed by atoms with Crippen molar-refractivity contribution in [2.24, 2.45) is 5.92 Å². The van der Waals surface area contributed by atoms with Gasteiger partial charge in [-0.25, -0.2) is 0 Å². The highest BCUT2D eigenvalue weighted by Gasteiger charge is 2.54. The average molecular weight is 210 g/mol. The molecule has 2 nitrogen and oxygen atoms in total. The van der Waals surface area contributed by atoms with Crippen molar-refractivity contribution in [1.29, 1.82) is 0 Å². The normalized spacial score (nSPS) is 44.7. The van der Waals surface area contributed by atoms with Crippen molar-refractivity contribution >= 4 is 5.78 Å². The second-order valence-corrected chi connectivity index (χ2v) is 5.61. The highest BCUT2D eigenvalue weighted by atomic mass is 16.5. The first kappa shape index (κ1) is 11.1. The second kappa shape index (κ2) is 3.58. The summed E-state index contributed by atoms with van der Waals surface area (Å²) in [6.07, 6.45) is 6.36. The van der Waals surface area contributed by atoms with Crippen LogP contribution in [-0.2, 0) is 9.53 Å². The lowest BCUT2D eigenvalue weighted by Crippen LogP contribution is -2.60. The molecule has 2 bridgehead atoms. The molecule has 0 unspecified atom stereocenters. The zero-order valence-electron chi connectivity index (χ0n) is 10.1. The van der Waals surface area contributed by atoms with E-state index in [1.54, 1.807) is 0 Å². The molecule has 3 fully saturated rings. The van der Waals surface area contributed by atoms with E-state index in [-0.39, 0.29) is 5.60 Å². The van der Waals surface area contributed by atoms with Gasteiger partial charge in [0.1, 0.15) is 5.60 Å². The van der Waals surface area contributed by atoms with Crippen molar-refractivity contribution in [3.05, 3.63) is 0 Å². The molecule has 0 amide bonds. The van der Waals surface area contributed by atoms with E-state index in [0.29, 0.717) is 11.7 Å². The van der Waals surface area contributed by atoms with Crippen molar-refractivity contribution in [3.63, 3.8) is 0 Å². The smallest absolute Gasteiger partial charge is 0.164 e. The van der Waals surface area contributed by atoms with E-state index < -0.39 is 5.60 Å². The van der Waals surface area contributed by atoms with Gasteiger partial charge in [-0.15, -0.1) is 0 Å². The standard InChI is InChI=1S/C13H22O2/c1-4-5-7-12(2)10-6-8-13(3,15-12)11(14)9-10/h10H,4-9H2,1-3H3/t10-,12-,13+/m1/s1. The molecule has 2 aliphatic heterocycles. The maximum atomic E-state index is 11.8. The molecule has 0 radical (unpaired) electrons. The largest absolute Gasteiger partial charge is 0.361 e. The number of ether oxygens (including phenoxy) is 1. The lowest BCUT2D eigenvalue weighted by atomic mass is 9.66. The minimum atomic E-state index is -0.461. The number of rotatable bonds is 3. The van der Waals surface area contributed by atoms with E-state index in [0.717, 1.165) is 19.3 Å². The Hall–Kier alpha value is -0.370. The van der Waals surface area contributed by atoms with Gasteiger partial charge in [0.15, 0.2) is 5.78 Å². The fraction of sp³-hybridized carbons (Fsp3) is 0.923. The minimum absolute atomic E-state index is 0.0308. The van der Waals surface area contributed by atoms with Gasteiger partial charge >= 0.3 is 0 Å². The highest BCUT2D eigenvalue weighted by molar-refractivity contribution is 5.88. The Morgan fingerprint density at radius 1 is 1.47 bits per heavy atom. The monoisotopic (exact) mass is 210 g/mol. The first-order chi connectivity index (χ1) is 7.00. The molecule has 3 atom stereocenters. The number of hydrogen-bond acceptors (Lipinski definition) is 2. The SMILES string of the molecule is CCCC[C@@]1(C)O[C@@]2(C)CC[C@@H]1CC2=O. The summed E-state index contributed by atoms with van der Waals surface area (Å²) < 4.78 is 6.13. The topological polar surface area (TPSA) is 26.3 Å². The van der Waals surface area contributed by atoms with Gasteiger partial charge in [0.2, 0.25) is 0 Å². The van der Waals surface area contributed by atoms with Crippen molar-refractivity contribution < 1.29 is 9.53 Å². The van der Waals surface area contributed by atoms with Crippen LogP contribution < -0.4 is 0 Å². The predicted molar refractivity (Wildman–Crippen MR) is 59.8 cm³/mol. The fourth-order valence-electron chi connectivity index (χ4n) is 3.14. The van der Waals surface area contributed by atoms with Crippen LogP contribution in [-0.4, -0.2) is 17.0 Å². The molecule has 0 spiro atoms. The summed E-state index contributed by atoms with van der Waals surface area (Å²) >= 11 is 0. The van der Waals surface area contributed by atoms with E-state index in [1.807, 2.05) is 6.92 Å². The molecule has 2 heterocycles. The van der Waals surface area contributed by atoms with Crippen molar-refractivity contribution in [3.8, 4) is 0 Å². The van der Waals surface area contributed by atoms with Crippen LogP contribution in [0.4, 0.5) is 0 Å². The molecule has 3 aliphatic rings. The molecule has 0 N–H and O–H groups in total. The van der Waals surface area contributed by atoms with E-state index in [4.69, 9.17) is 4.74 Å². The second-order valence-electron chi connectivity index (χ2n) is 5.61. The molecule has 15 heavy (non-hydrogen) atoms. The molecule has 3 rings (SSSR count). The first-order valence-electron chi connectivity index (χ1n) is 6.24. The van der Waals surface area contributed by atoms with Crippen LogP contribution in [0.1, 0.15) is 59.3 Å². The molecule has 86 valence electrons. The van der Waals surface area contributed by atoms with E-state index in [9.17, 15) is 4.79 Å². The zero-order valence-corrected chi connectivity index (χ0v) is 10.1. The molecule has 1 aliphatic carbocycles. The summed E-state index contributed by atoms with van der Waals surface area (Å²) in [4.78, 5) is 11.8. The number of ketones is 1. The Labute approximate surface area is 92.4 Å². The van der Waals surface area contributed by atoms with E-state index in [1.165, 1.54) is 19.3 Å². The third kappa shape index (κ3) is 1.73. The number of Topliss-reactive ketones (excluding diaryl/α,β-unsaturated/α-hetero) is 1. The number of fused-ring (bicyclic) bond motifs is 3. The van der Waals surface area contributed by atoms with Crippen LogP contribution >= 0.6 is 0 Å². The Morgan fingerprint density at radius 2 is 2.20 bits per heavy atom. The fourth-order valence-corrected chi connectivity index (χ4v) is 3.14. The van der Waals surface area contributed by atoms with Crippen molar-refractivity contribution in [2.45, 2.75) is 70.5 Å². The summed E-state index contributed by atoms with van der Waals surface area (Å²) in [5, 5.41) is 0. The summed E-state index contributed by atoms with van der Waals surface area (Å²) in [5.74, 6) is 0.797. The summed E-state index contributed by atoms with van der Waals surface area (Å²) in [7, 11) is 0. The van der Waals surface area contributed by atoms with Crippen molar-refractivity contribution in [1.82, 2.24) is 0 Å². The summed E-state index contributed by atoms with van der Waals surface area (Å²) in [5.41, 5.74) is -0.492. The van der Waals surface area contributed by atoms with Crippen LogP contribution in [0.3, 0.4) is 0 Å². The molecule has 0 aromatic rings. The summed E-state index contributed by atoms with van der Waals surface area (Å²) in [6, 6.07) is 0. The Bertz CT molecular complexity index is 274. The third-order valence-corrected chi connectivity index (χ3v) is 4.34. The number of unbranched alkanes of at least 4 members (excludes halogenated alkanes) is 1. The maximum absolute atomic E-state index is 11.8. The average Bonchev–Trinajstić information content (AvgIpc) is 2.18. The molecule has 0 aromatic heterocycles. The van der Waals surface area contributed by atoms with Gasteiger partial charge < -0.3 is 4.74 Å². The molecular formula is C13H22O2. The molecule has 0 aromatic carbocycles. The van der Waals surface area contributed by atoms with Gasteiger partial charge in [-0.1, -0.05) is 19.8 Å². The lowest BCUT2D eigenvalue weighted by molar-refractivity contribution is -0.229. The van der Waals surface area contributed by atoms with Gasteiger partial charge in [-0.05, 0) is 39.0 Å². The quantitative estimate of drug-likeness (QED) is 0.715. The number of carbonyl (C=O) groups is 1. The Balaban J connectivity index is 2.14. The Morgan fingerprint density at radius 3 is 2.73 bits per heavy atom. The minimum Gasteiger partial charge on any atom is -0.361 e. The van der Waals surface area contributed by atoms with Gasteiger partial charge in [-0.3, -0.25) is 4.79 Å². The highest BCUT2D eigenvalue weighted by Crippen LogP contribution is 2.49. The van der Waals surface area contributed by atoms with Gasteiger partial charge in [0.05, 0.1) is 5.60 Å². The number of carbonyl (C=O) groups excluding carboxylic acids is 1. The predicted octanol–water partition coefficient (Wildman–Crippen LogP) is 3.09. The first-order valence-corrected chi connectivity index (χ1v) is 6.24. The Kier molecular flexibility index (Phi) is 2.66. The van der Waals surface area contributed by atoms with Crippen LogP contribution in [0.5, 0.6) is 0 Å². The van der Waals surface area contributed by atoms with Gasteiger partial charge in [0.25, 0.3) is 0 Å². The van der Waals surface area contributed by atoms with E-state index >= 15 is 0 Å². The number of hydrogen-bond donors (Lipinski definition) is 0. The van der Waals surface area contributed by atoms with Crippen LogP contribution in [0.2, 0.25) is 0 Å². The van der Waals surface area contributed by atoms with E-state index in [2.05, 4.69) is 13.8 Å². The van der Waals surface area contributed by atoms with Crippen LogP contribution in [0.15, 0.2) is 0 Å². The molecular weight excluding hydrogens is 188 g/mol. The van der Waals surface area contributed by atoms with Gasteiger partial charge in [0, 0.05) is 6.42 Å². The van der Waals surface area contributed by atoms with Crippen molar-refractivity contribution in [2.75, 3.05) is 0 Å². The lowest BCUT2D eigenvalue weighted by Gasteiger charge is -2.54. The molecule has 2 saturated heterocycles. The van der Waals surface area contributed by atoms with Crippen LogP contribution in [0, 0.1) is 5.92 Å². The van der Waals surface area contributed by atoms with Gasteiger partial charge in [-0.2, -0.15) is 0 Å². The molecule has 2 heteroatoms. The third-order valence-electron chi connectivity index (χ3n) is 4.34. The molecule has 1 saturated carbocycles.